The van der Waals surface area contributed by atoms with Gasteiger partial charge in [0.25, 0.3) is 0 Å². The normalized spacial score (nSPS) is 19.5. The van der Waals surface area contributed by atoms with Crippen LogP contribution in [0.5, 0.6) is 0 Å². The van der Waals surface area contributed by atoms with Gasteiger partial charge in [0.1, 0.15) is 0 Å². The molecule has 2 nitrogen and oxygen atoms in total. The Kier molecular flexibility index (Phi) is 4.17. The van der Waals surface area contributed by atoms with E-state index in [1.807, 2.05) is 11.3 Å². The van der Waals surface area contributed by atoms with Crippen molar-refractivity contribution in [1.29, 1.82) is 0 Å². The van der Waals surface area contributed by atoms with Crippen molar-refractivity contribution in [2.24, 2.45) is 0 Å². The van der Waals surface area contributed by atoms with Crippen LogP contribution in [0.2, 0.25) is 0 Å². The Labute approximate surface area is 137 Å². The zero-order valence-corrected chi connectivity index (χ0v) is 13.9. The van der Waals surface area contributed by atoms with Gasteiger partial charge in [0.15, 0.2) is 0 Å². The maximum Gasteiger partial charge on any atom is 0.0402 e. The molecule has 0 spiro atoms. The minimum atomic E-state index is 0.752. The molecule has 4 rings (SSSR count). The van der Waals surface area contributed by atoms with Gasteiger partial charge in [-0.25, -0.2) is 0 Å². The average Bonchev–Trinajstić information content (AvgIpc) is 3.23. The SMILES string of the molecule is c1csc(CCN2CCC(N3CCc4ccccc43)CC2)c1. The first-order valence-corrected chi connectivity index (χ1v) is 9.37. The lowest BCUT2D eigenvalue weighted by Crippen LogP contribution is -2.44. The summed E-state index contributed by atoms with van der Waals surface area (Å²) in [5.41, 5.74) is 3.04. The third-order valence-electron chi connectivity index (χ3n) is 5.18. The minimum Gasteiger partial charge on any atom is -0.368 e. The van der Waals surface area contributed by atoms with Crippen molar-refractivity contribution in [1.82, 2.24) is 4.90 Å². The van der Waals surface area contributed by atoms with E-state index in [0.29, 0.717) is 0 Å². The number of benzene rings is 1. The van der Waals surface area contributed by atoms with Crippen LogP contribution in [0, 0.1) is 0 Å². The summed E-state index contributed by atoms with van der Waals surface area (Å²) in [6.45, 7) is 4.96. The van der Waals surface area contributed by atoms with Gasteiger partial charge in [-0.2, -0.15) is 0 Å². The Balaban J connectivity index is 1.31. The highest BCUT2D eigenvalue weighted by atomic mass is 32.1. The summed E-state index contributed by atoms with van der Waals surface area (Å²) in [5, 5.41) is 2.19. The van der Waals surface area contributed by atoms with Gasteiger partial charge in [-0.15, -0.1) is 11.3 Å². The van der Waals surface area contributed by atoms with Crippen LogP contribution in [0.25, 0.3) is 0 Å². The summed E-state index contributed by atoms with van der Waals surface area (Å²) in [6, 6.07) is 14.1. The van der Waals surface area contributed by atoms with Crippen molar-refractivity contribution in [2.75, 3.05) is 31.1 Å². The second kappa shape index (κ2) is 6.43. The molecule has 0 aliphatic carbocycles. The number of hydrogen-bond donors (Lipinski definition) is 0. The quantitative estimate of drug-likeness (QED) is 0.847. The summed E-state index contributed by atoms with van der Waals surface area (Å²) in [7, 11) is 0. The molecule has 2 aliphatic rings. The van der Waals surface area contributed by atoms with E-state index < -0.39 is 0 Å². The molecule has 0 amide bonds. The van der Waals surface area contributed by atoms with E-state index in [4.69, 9.17) is 0 Å². The highest BCUT2D eigenvalue weighted by Crippen LogP contribution is 2.32. The zero-order valence-electron chi connectivity index (χ0n) is 13.1. The van der Waals surface area contributed by atoms with Gasteiger partial charge >= 0.3 is 0 Å². The molecule has 116 valence electrons. The van der Waals surface area contributed by atoms with E-state index in [1.54, 1.807) is 5.56 Å². The molecule has 3 heterocycles. The molecule has 0 unspecified atom stereocenters. The summed E-state index contributed by atoms with van der Waals surface area (Å²) in [5.74, 6) is 0. The Morgan fingerprint density at radius 3 is 2.68 bits per heavy atom. The maximum atomic E-state index is 2.67. The molecule has 1 fully saturated rings. The largest absolute Gasteiger partial charge is 0.368 e. The predicted octanol–water partition coefficient (Wildman–Crippen LogP) is 3.82. The molecule has 3 heteroatoms. The van der Waals surface area contributed by atoms with E-state index in [2.05, 4.69) is 51.6 Å². The molecule has 1 aromatic heterocycles. The highest BCUT2D eigenvalue weighted by Gasteiger charge is 2.28. The van der Waals surface area contributed by atoms with E-state index in [0.717, 1.165) is 6.04 Å². The lowest BCUT2D eigenvalue weighted by Gasteiger charge is -2.38. The zero-order chi connectivity index (χ0) is 14.8. The molecule has 22 heavy (non-hydrogen) atoms. The fourth-order valence-electron chi connectivity index (χ4n) is 3.92. The van der Waals surface area contributed by atoms with Crippen LogP contribution in [0.4, 0.5) is 5.69 Å². The van der Waals surface area contributed by atoms with Crippen LogP contribution in [-0.2, 0) is 12.8 Å². The number of anilines is 1. The van der Waals surface area contributed by atoms with Crippen molar-refractivity contribution in [3.63, 3.8) is 0 Å². The lowest BCUT2D eigenvalue weighted by molar-refractivity contribution is 0.212. The first-order valence-electron chi connectivity index (χ1n) is 8.49. The second-order valence-electron chi connectivity index (χ2n) is 6.47. The summed E-state index contributed by atoms with van der Waals surface area (Å²) in [4.78, 5) is 6.85. The molecule has 0 atom stereocenters. The monoisotopic (exact) mass is 312 g/mol. The molecule has 1 saturated heterocycles. The van der Waals surface area contributed by atoms with Gasteiger partial charge in [-0.3, -0.25) is 0 Å². The van der Waals surface area contributed by atoms with Crippen molar-refractivity contribution in [2.45, 2.75) is 31.7 Å². The first kappa shape index (κ1) is 14.3. The number of thiophene rings is 1. The Morgan fingerprint density at radius 1 is 1.00 bits per heavy atom. The van der Waals surface area contributed by atoms with E-state index in [1.165, 1.54) is 62.4 Å². The second-order valence-corrected chi connectivity index (χ2v) is 7.51. The van der Waals surface area contributed by atoms with Crippen LogP contribution in [0.3, 0.4) is 0 Å². The van der Waals surface area contributed by atoms with Crippen LogP contribution in [0.15, 0.2) is 41.8 Å². The van der Waals surface area contributed by atoms with E-state index in [9.17, 15) is 0 Å². The van der Waals surface area contributed by atoms with Gasteiger partial charge < -0.3 is 9.80 Å². The molecule has 0 radical (unpaired) electrons. The molecule has 0 saturated carbocycles. The average molecular weight is 312 g/mol. The predicted molar refractivity (Wildman–Crippen MR) is 95.0 cm³/mol. The number of hydrogen-bond acceptors (Lipinski definition) is 3. The molecule has 0 bridgehead atoms. The third kappa shape index (κ3) is 2.92. The van der Waals surface area contributed by atoms with Crippen LogP contribution < -0.4 is 4.90 Å². The Hall–Kier alpha value is -1.32. The van der Waals surface area contributed by atoms with Crippen LogP contribution in [-0.4, -0.2) is 37.1 Å². The van der Waals surface area contributed by atoms with Gasteiger partial charge in [0.2, 0.25) is 0 Å². The molecular formula is C19H24N2S. The minimum absolute atomic E-state index is 0.752. The van der Waals surface area contributed by atoms with Crippen molar-refractivity contribution >= 4 is 17.0 Å². The number of likely N-dealkylation sites (tertiary alicyclic amines) is 1. The Bertz CT molecular complexity index is 600. The Morgan fingerprint density at radius 2 is 1.86 bits per heavy atom. The van der Waals surface area contributed by atoms with Crippen molar-refractivity contribution < 1.29 is 0 Å². The highest BCUT2D eigenvalue weighted by molar-refractivity contribution is 7.09. The van der Waals surface area contributed by atoms with E-state index >= 15 is 0 Å². The van der Waals surface area contributed by atoms with Gasteiger partial charge in [0.05, 0.1) is 0 Å². The fourth-order valence-corrected chi connectivity index (χ4v) is 4.62. The summed E-state index contributed by atoms with van der Waals surface area (Å²) in [6.07, 6.45) is 5.08. The van der Waals surface area contributed by atoms with Crippen molar-refractivity contribution in [3.05, 3.63) is 52.2 Å². The van der Waals surface area contributed by atoms with Gasteiger partial charge in [-0.1, -0.05) is 24.3 Å². The van der Waals surface area contributed by atoms with Gasteiger partial charge in [0, 0.05) is 42.8 Å². The van der Waals surface area contributed by atoms with Crippen molar-refractivity contribution in [3.8, 4) is 0 Å². The lowest BCUT2D eigenvalue weighted by atomic mass is 10.0. The smallest absolute Gasteiger partial charge is 0.0402 e. The summed E-state index contributed by atoms with van der Waals surface area (Å²) >= 11 is 1.89. The molecule has 2 aromatic rings. The number of piperidine rings is 1. The number of para-hydroxylation sites is 1. The van der Waals surface area contributed by atoms with Crippen LogP contribution >= 0.6 is 11.3 Å². The van der Waals surface area contributed by atoms with Gasteiger partial charge in [-0.05, 0) is 48.8 Å². The maximum absolute atomic E-state index is 2.67. The molecule has 0 N–H and O–H groups in total. The van der Waals surface area contributed by atoms with E-state index in [-0.39, 0.29) is 0 Å². The number of rotatable bonds is 4. The number of fused-ring (bicyclic) bond motifs is 1. The topological polar surface area (TPSA) is 6.48 Å². The fraction of sp³-hybridized carbons (Fsp3) is 0.474. The van der Waals surface area contributed by atoms with Crippen LogP contribution in [0.1, 0.15) is 23.3 Å². The number of nitrogens with zero attached hydrogens (tertiary/aromatic N) is 2. The molecular weight excluding hydrogens is 288 g/mol. The molecule has 2 aliphatic heterocycles. The molecule has 1 aromatic carbocycles. The third-order valence-corrected chi connectivity index (χ3v) is 6.11. The standard InChI is InChI=1S/C19H24N2S/c1-2-6-19-16(4-1)7-14-21(19)17-8-11-20(12-9-17)13-10-18-5-3-15-22-18/h1-6,15,17H,7-14H2. The summed E-state index contributed by atoms with van der Waals surface area (Å²) < 4.78 is 0. The first-order chi connectivity index (χ1) is 10.9.